The summed E-state index contributed by atoms with van der Waals surface area (Å²) in [5.41, 5.74) is 4.38. The molecule has 42 heavy (non-hydrogen) atoms. The van der Waals surface area contributed by atoms with E-state index in [0.29, 0.717) is 30.2 Å². The van der Waals surface area contributed by atoms with Crippen molar-refractivity contribution in [1.29, 1.82) is 5.41 Å². The maximum Gasteiger partial charge on any atom is 0.439 e. The predicted octanol–water partition coefficient (Wildman–Crippen LogP) is 5.51. The number of aromatic nitrogens is 4. The third-order valence-electron chi connectivity index (χ3n) is 6.89. The first-order valence-electron chi connectivity index (χ1n) is 14.1. The van der Waals surface area contributed by atoms with Gasteiger partial charge >= 0.3 is 5.76 Å². The maximum atomic E-state index is 14.0. The van der Waals surface area contributed by atoms with Gasteiger partial charge in [-0.25, -0.2) is 14.8 Å². The topological polar surface area (TPSA) is 139 Å². The van der Waals surface area contributed by atoms with E-state index in [2.05, 4.69) is 38.2 Å². The van der Waals surface area contributed by atoms with Crippen molar-refractivity contribution in [3.05, 3.63) is 97.5 Å². The lowest BCUT2D eigenvalue weighted by atomic mass is 10.0. The highest BCUT2D eigenvalue weighted by Crippen LogP contribution is 2.39. The number of H-pyrrole nitrogens is 1. The molecule has 0 saturated heterocycles. The van der Waals surface area contributed by atoms with E-state index >= 15 is 0 Å². The zero-order valence-corrected chi connectivity index (χ0v) is 25.8. The minimum Gasteiger partial charge on any atom is -0.491 e. The number of benzene rings is 1. The molecule has 11 heteroatoms. The molecule has 1 aliphatic heterocycles. The van der Waals surface area contributed by atoms with Crippen LogP contribution in [-0.2, 0) is 17.6 Å². The third-order valence-corrected chi connectivity index (χ3v) is 9.61. The summed E-state index contributed by atoms with van der Waals surface area (Å²) in [7, 11) is 0. The lowest BCUT2D eigenvalue weighted by molar-refractivity contribution is 0.250. The summed E-state index contributed by atoms with van der Waals surface area (Å²) in [6.07, 6.45) is 13.5. The summed E-state index contributed by atoms with van der Waals surface area (Å²) in [6.45, 7) is 4.41. The first-order chi connectivity index (χ1) is 20.5. The number of aliphatic imine (C=N–C) groups is 1. The van der Waals surface area contributed by atoms with Gasteiger partial charge in [-0.3, -0.25) is 18.9 Å². The van der Waals surface area contributed by atoms with Gasteiger partial charge in [0.15, 0.2) is 11.6 Å². The van der Waals surface area contributed by atoms with Crippen LogP contribution in [0.25, 0.3) is 15.0 Å². The maximum absolute atomic E-state index is 14.0. The standard InChI is InChI=1S/C31H33IN6O4/c1-3-5-10-27-25(30(39)38(29(35-27)21-12-13-21)19-34-18-22(17-33)41-4-2)15-20-11-14-26(32-16-20)23-8-6-7-9-24(23)28-36-31(40)42-37-28/h6-9,11,14,16-19,21,33H,3-5,10,12-13,15H2,1-2H3,(H,36,37,40)/b22-18+,33-17?,34-19?. The molecule has 10 nitrogen and oxygen atoms in total. The summed E-state index contributed by atoms with van der Waals surface area (Å²) in [5.74, 6) is 1.17. The van der Waals surface area contributed by atoms with Gasteiger partial charge in [0.1, 0.15) is 12.2 Å². The van der Waals surface area contributed by atoms with E-state index in [1.165, 1.54) is 16.1 Å². The zero-order valence-electron chi connectivity index (χ0n) is 23.6. The van der Waals surface area contributed by atoms with Gasteiger partial charge in [-0.1, -0.05) is 69.6 Å². The monoisotopic (exact) mass is 680 g/mol. The van der Waals surface area contributed by atoms with Gasteiger partial charge in [-0.2, -0.15) is 0 Å². The summed E-state index contributed by atoms with van der Waals surface area (Å²) in [6, 6.07) is 7.80. The number of aromatic amines is 1. The average Bonchev–Trinajstić information content (AvgIpc) is 3.77. The van der Waals surface area contributed by atoms with Crippen molar-refractivity contribution in [1.82, 2.24) is 19.7 Å². The number of ether oxygens (including phenoxy) is 1. The molecule has 1 saturated carbocycles. The van der Waals surface area contributed by atoms with Crippen LogP contribution in [-0.4, -0.2) is 42.9 Å². The Morgan fingerprint density at radius 3 is 2.69 bits per heavy atom. The zero-order chi connectivity index (χ0) is 29.5. The molecule has 1 aromatic carbocycles. The molecule has 3 heterocycles. The number of hydrogen-bond donors (Lipinski definition) is 2. The van der Waals surface area contributed by atoms with Crippen LogP contribution in [0.2, 0.25) is 0 Å². The van der Waals surface area contributed by atoms with Crippen LogP contribution in [0.4, 0.5) is 0 Å². The normalized spacial score (nSPS) is 15.3. The Kier molecular flexibility index (Phi) is 9.67. The van der Waals surface area contributed by atoms with Crippen molar-refractivity contribution < 1.29 is 9.26 Å². The molecule has 0 amide bonds. The van der Waals surface area contributed by atoms with Crippen LogP contribution in [0.3, 0.4) is 0 Å². The van der Waals surface area contributed by atoms with Gasteiger partial charge in [-0.05, 0) is 53.8 Å². The fourth-order valence-corrected chi connectivity index (χ4v) is 6.99. The van der Waals surface area contributed by atoms with Crippen molar-refractivity contribution in [2.75, 3.05) is 6.61 Å². The minimum atomic E-state index is -0.586. The summed E-state index contributed by atoms with van der Waals surface area (Å²) < 4.78 is 15.1. The quantitative estimate of drug-likeness (QED) is 0.106. The third kappa shape index (κ3) is 6.89. The molecule has 0 atom stereocenters. The molecule has 0 unspecified atom stereocenters. The van der Waals surface area contributed by atoms with Crippen molar-refractivity contribution in [3.8, 4) is 11.4 Å². The highest BCUT2D eigenvalue weighted by Gasteiger charge is 2.30. The Morgan fingerprint density at radius 2 is 2.05 bits per heavy atom. The van der Waals surface area contributed by atoms with E-state index in [9.17, 15) is 9.59 Å². The molecule has 5 rings (SSSR count). The molecule has 2 aromatic heterocycles. The summed E-state index contributed by atoms with van der Waals surface area (Å²) in [4.78, 5) is 37.5. The van der Waals surface area contributed by atoms with E-state index in [1.807, 2.05) is 31.2 Å². The average molecular weight is 681 g/mol. The highest BCUT2D eigenvalue weighted by molar-refractivity contribution is 14.2. The first kappa shape index (κ1) is 29.5. The molecule has 0 spiro atoms. The lowest BCUT2D eigenvalue weighted by Gasteiger charge is -2.16. The number of allylic oxidation sites excluding steroid dienone is 4. The molecule has 2 aliphatic rings. The molecule has 2 N–H and O–H groups in total. The number of rotatable bonds is 13. The van der Waals surface area contributed by atoms with Crippen molar-refractivity contribution >= 4 is 40.9 Å². The largest absolute Gasteiger partial charge is 0.491 e. The van der Waals surface area contributed by atoms with Gasteiger partial charge in [0.25, 0.3) is 5.56 Å². The highest BCUT2D eigenvalue weighted by atomic mass is 127. The summed E-state index contributed by atoms with van der Waals surface area (Å²) >= 11 is -0.521. The molecule has 1 fully saturated rings. The van der Waals surface area contributed by atoms with Crippen LogP contribution in [0, 0.1) is 5.41 Å². The van der Waals surface area contributed by atoms with Gasteiger partial charge in [0, 0.05) is 27.0 Å². The van der Waals surface area contributed by atoms with Gasteiger partial charge in [0.2, 0.25) is 0 Å². The smallest absolute Gasteiger partial charge is 0.439 e. The molecule has 3 aromatic rings. The lowest BCUT2D eigenvalue weighted by Crippen LogP contribution is -2.30. The fraction of sp³-hybridized carbons (Fsp3) is 0.323. The predicted molar refractivity (Wildman–Crippen MR) is 174 cm³/mol. The number of aryl methyl sites for hydroxylation is 1. The summed E-state index contributed by atoms with van der Waals surface area (Å²) in [5, 5.41) is 11.4. The second kappa shape index (κ2) is 13.8. The van der Waals surface area contributed by atoms with E-state index in [0.717, 1.165) is 66.5 Å². The van der Waals surface area contributed by atoms with Crippen LogP contribution in [0.15, 0.2) is 73.1 Å². The first-order valence-corrected chi connectivity index (χ1v) is 16.4. The van der Waals surface area contributed by atoms with Crippen LogP contribution in [0.1, 0.15) is 68.1 Å². The van der Waals surface area contributed by atoms with Crippen molar-refractivity contribution in [3.63, 3.8) is 0 Å². The van der Waals surface area contributed by atoms with E-state index < -0.39 is 26.5 Å². The number of unbranched alkanes of at least 4 members (excludes halogenated alkanes) is 1. The Bertz CT molecular complexity index is 1740. The Balaban J connectivity index is 1.49. The number of halogens is 1. The number of nitrogens with one attached hydrogen (secondary N) is 2. The Labute approximate surface area is 253 Å². The van der Waals surface area contributed by atoms with E-state index in [1.54, 1.807) is 4.57 Å². The van der Waals surface area contributed by atoms with Gasteiger partial charge in [0.05, 0.1) is 24.7 Å². The fourth-order valence-electron chi connectivity index (χ4n) is 4.63. The van der Waals surface area contributed by atoms with Crippen molar-refractivity contribution in [2.45, 2.75) is 58.3 Å². The number of nitrogens with zero attached hydrogens (tertiary/aromatic N) is 4. The Morgan fingerprint density at radius 1 is 1.24 bits per heavy atom. The van der Waals surface area contributed by atoms with E-state index in [4.69, 9.17) is 19.7 Å². The van der Waals surface area contributed by atoms with E-state index in [-0.39, 0.29) is 11.5 Å². The SMILES string of the molecule is CCCCc1nc(C2CC2)n(C=N/C=C(\C=N)OCC)c(=O)c1CC1=CC=C(c2ccccc2-c2noc(=O)[nH]2)I=C1. The molecular weight excluding hydrogens is 647 g/mol. The number of hydrogen-bond acceptors (Lipinski definition) is 8. The second-order valence-electron chi connectivity index (χ2n) is 9.96. The van der Waals surface area contributed by atoms with Crippen molar-refractivity contribution in [2.24, 2.45) is 4.99 Å². The molecular formula is C31H33IN6O4. The molecule has 0 bridgehead atoms. The minimum absolute atomic E-state index is 0.0921. The second-order valence-corrected chi connectivity index (χ2v) is 12.4. The molecule has 1 aliphatic carbocycles. The molecule has 218 valence electrons. The van der Waals surface area contributed by atoms with Crippen LogP contribution in [0.5, 0.6) is 0 Å². The van der Waals surface area contributed by atoms with Gasteiger partial charge < -0.3 is 10.1 Å². The Hall–Kier alpha value is -4.00. The van der Waals surface area contributed by atoms with Gasteiger partial charge in [-0.15, -0.1) is 0 Å². The molecule has 0 radical (unpaired) electrons. The van der Waals surface area contributed by atoms with Crippen LogP contribution >= 0.6 is 20.7 Å². The van der Waals surface area contributed by atoms with Crippen LogP contribution < -0.4 is 11.3 Å².